The molecule has 2 aromatic heterocycles. The lowest BCUT2D eigenvalue weighted by atomic mass is 10.1. The van der Waals surface area contributed by atoms with E-state index in [1.54, 1.807) is 24.3 Å². The largest absolute Gasteiger partial charge is 0.378 e. The average Bonchev–Trinajstić information content (AvgIpc) is 3.06. The molecule has 25 heavy (non-hydrogen) atoms. The molecule has 0 radical (unpaired) electrons. The van der Waals surface area contributed by atoms with Crippen LogP contribution < -0.4 is 4.90 Å². The van der Waals surface area contributed by atoms with Crippen molar-refractivity contribution < 1.29 is 13.5 Å². The van der Waals surface area contributed by atoms with Crippen LogP contribution in [0, 0.1) is 0 Å². The molecule has 1 fully saturated rings. The lowest BCUT2D eigenvalue weighted by molar-refractivity contribution is 0.122. The quantitative estimate of drug-likeness (QED) is 0.720. The molecule has 0 aliphatic carbocycles. The highest BCUT2D eigenvalue weighted by molar-refractivity contribution is 6.28. The van der Waals surface area contributed by atoms with E-state index in [1.807, 2.05) is 0 Å². The molecule has 0 spiro atoms. The second-order valence-electron chi connectivity index (χ2n) is 5.60. The van der Waals surface area contributed by atoms with Crippen LogP contribution in [0.3, 0.4) is 0 Å². The van der Waals surface area contributed by atoms with Gasteiger partial charge in [0.2, 0.25) is 5.28 Å². The average molecular weight is 366 g/mol. The predicted molar refractivity (Wildman–Crippen MR) is 90.1 cm³/mol. The second-order valence-corrected chi connectivity index (χ2v) is 5.94. The van der Waals surface area contributed by atoms with Crippen LogP contribution in [0.5, 0.6) is 0 Å². The number of halogens is 3. The molecule has 9 heteroatoms. The van der Waals surface area contributed by atoms with Crippen LogP contribution in [-0.4, -0.2) is 46.2 Å². The van der Waals surface area contributed by atoms with Crippen molar-refractivity contribution in [3.8, 4) is 11.3 Å². The second kappa shape index (κ2) is 6.53. The standard InChI is InChI=1S/C16H14ClF2N5O/c17-16-21-11(8-12(22-16)24-4-6-25-7-5-24)9-2-1-3-10-13(9)23-15(20-10)14(18)19/h1-3,8,14H,4-7H2,(H,20,23). The molecule has 4 rings (SSSR count). The van der Waals surface area contributed by atoms with E-state index in [-0.39, 0.29) is 11.1 Å². The summed E-state index contributed by atoms with van der Waals surface area (Å²) in [6.07, 6.45) is -2.67. The molecule has 0 saturated carbocycles. The Kier molecular flexibility index (Phi) is 4.22. The Morgan fingerprint density at radius 3 is 2.72 bits per heavy atom. The third kappa shape index (κ3) is 3.14. The third-order valence-corrected chi connectivity index (χ3v) is 4.20. The number of nitrogens with zero attached hydrogens (tertiary/aromatic N) is 4. The number of anilines is 1. The van der Waals surface area contributed by atoms with Crippen LogP contribution in [0.15, 0.2) is 24.3 Å². The number of imidazole rings is 1. The van der Waals surface area contributed by atoms with Crippen LogP contribution in [0.25, 0.3) is 22.3 Å². The van der Waals surface area contributed by atoms with E-state index in [2.05, 4.69) is 24.8 Å². The molecule has 0 atom stereocenters. The van der Waals surface area contributed by atoms with Crippen molar-refractivity contribution >= 4 is 28.5 Å². The number of nitrogens with one attached hydrogen (secondary N) is 1. The smallest absolute Gasteiger partial charge is 0.295 e. The summed E-state index contributed by atoms with van der Waals surface area (Å²) in [5.41, 5.74) is 2.12. The summed E-state index contributed by atoms with van der Waals surface area (Å²) in [5.74, 6) is 0.316. The van der Waals surface area contributed by atoms with Gasteiger partial charge >= 0.3 is 0 Å². The summed E-state index contributed by atoms with van der Waals surface area (Å²) in [4.78, 5) is 17.2. The van der Waals surface area contributed by atoms with E-state index in [4.69, 9.17) is 16.3 Å². The first-order valence-corrected chi connectivity index (χ1v) is 8.14. The maximum atomic E-state index is 13.0. The van der Waals surface area contributed by atoms with Gasteiger partial charge in [-0.15, -0.1) is 0 Å². The van der Waals surface area contributed by atoms with Crippen molar-refractivity contribution in [1.82, 2.24) is 19.9 Å². The molecule has 1 saturated heterocycles. The monoisotopic (exact) mass is 365 g/mol. The van der Waals surface area contributed by atoms with Crippen molar-refractivity contribution in [2.45, 2.75) is 6.43 Å². The topological polar surface area (TPSA) is 66.9 Å². The van der Waals surface area contributed by atoms with Gasteiger partial charge in [0, 0.05) is 24.7 Å². The number of aromatic amines is 1. The maximum absolute atomic E-state index is 13.0. The zero-order valence-corrected chi connectivity index (χ0v) is 13.8. The van der Waals surface area contributed by atoms with Gasteiger partial charge in [0.15, 0.2) is 5.82 Å². The highest BCUT2D eigenvalue weighted by Crippen LogP contribution is 2.30. The number of benzene rings is 1. The summed E-state index contributed by atoms with van der Waals surface area (Å²) in [7, 11) is 0. The van der Waals surface area contributed by atoms with Gasteiger partial charge in [-0.2, -0.15) is 0 Å². The number of aromatic nitrogens is 4. The van der Waals surface area contributed by atoms with Gasteiger partial charge in [0.05, 0.1) is 29.9 Å². The van der Waals surface area contributed by atoms with Gasteiger partial charge < -0.3 is 14.6 Å². The molecule has 3 aromatic rings. The van der Waals surface area contributed by atoms with Gasteiger partial charge in [-0.05, 0) is 17.7 Å². The first kappa shape index (κ1) is 16.2. The van der Waals surface area contributed by atoms with Crippen molar-refractivity contribution in [3.05, 3.63) is 35.4 Å². The molecule has 0 unspecified atom stereocenters. The van der Waals surface area contributed by atoms with Crippen molar-refractivity contribution in [3.63, 3.8) is 0 Å². The Hall–Kier alpha value is -2.32. The van der Waals surface area contributed by atoms with Crippen LogP contribution in [0.1, 0.15) is 12.2 Å². The number of alkyl halides is 2. The SMILES string of the molecule is FC(F)c1nc2c(-c3cc(N4CCOCC4)nc(Cl)n3)cccc2[nH]1. The molecule has 1 N–H and O–H groups in total. The van der Waals surface area contributed by atoms with Gasteiger partial charge in [0.25, 0.3) is 6.43 Å². The third-order valence-electron chi connectivity index (χ3n) is 4.03. The minimum atomic E-state index is -2.67. The molecule has 130 valence electrons. The Morgan fingerprint density at radius 1 is 1.16 bits per heavy atom. The fourth-order valence-electron chi connectivity index (χ4n) is 2.86. The molecular formula is C16H14ClF2N5O. The Bertz CT molecular complexity index is 911. The zero-order valence-electron chi connectivity index (χ0n) is 13.0. The van der Waals surface area contributed by atoms with Crippen LogP contribution in [-0.2, 0) is 4.74 Å². The van der Waals surface area contributed by atoms with Gasteiger partial charge in [0.1, 0.15) is 5.82 Å². The summed E-state index contributed by atoms with van der Waals surface area (Å²) in [6.45, 7) is 2.64. The normalized spacial score (nSPS) is 15.3. The fourth-order valence-corrected chi connectivity index (χ4v) is 3.04. The van der Waals surface area contributed by atoms with Crippen molar-refractivity contribution in [2.24, 2.45) is 0 Å². The zero-order chi connectivity index (χ0) is 17.4. The van der Waals surface area contributed by atoms with E-state index in [0.717, 1.165) is 0 Å². The van der Waals surface area contributed by atoms with Gasteiger partial charge in [-0.1, -0.05) is 12.1 Å². The molecule has 0 bridgehead atoms. The molecule has 3 heterocycles. The summed E-state index contributed by atoms with van der Waals surface area (Å²) >= 11 is 6.10. The minimum absolute atomic E-state index is 0.0978. The van der Waals surface area contributed by atoms with Gasteiger partial charge in [-0.25, -0.2) is 23.7 Å². The molecule has 1 aromatic carbocycles. The van der Waals surface area contributed by atoms with Crippen molar-refractivity contribution in [2.75, 3.05) is 31.2 Å². The maximum Gasteiger partial charge on any atom is 0.295 e. The van der Waals surface area contributed by atoms with Gasteiger partial charge in [-0.3, -0.25) is 0 Å². The van der Waals surface area contributed by atoms with E-state index < -0.39 is 6.43 Å². The predicted octanol–water partition coefficient (Wildman–Crippen LogP) is 3.45. The number of H-pyrrole nitrogens is 1. The Balaban J connectivity index is 1.81. The molecular weight excluding hydrogens is 352 g/mol. The molecule has 1 aliphatic heterocycles. The van der Waals surface area contributed by atoms with E-state index >= 15 is 0 Å². The molecule has 0 amide bonds. The minimum Gasteiger partial charge on any atom is -0.378 e. The van der Waals surface area contributed by atoms with E-state index in [9.17, 15) is 8.78 Å². The number of hydrogen-bond acceptors (Lipinski definition) is 5. The van der Waals surface area contributed by atoms with Crippen LogP contribution in [0.4, 0.5) is 14.6 Å². The molecule has 1 aliphatic rings. The van der Waals surface area contributed by atoms with E-state index in [1.165, 1.54) is 0 Å². The number of ether oxygens (including phenoxy) is 1. The van der Waals surface area contributed by atoms with E-state index in [0.29, 0.717) is 54.4 Å². The number of para-hydroxylation sites is 1. The Morgan fingerprint density at radius 2 is 1.96 bits per heavy atom. The fraction of sp³-hybridized carbons (Fsp3) is 0.312. The lowest BCUT2D eigenvalue weighted by Gasteiger charge is -2.28. The number of morpholine rings is 1. The van der Waals surface area contributed by atoms with Crippen LogP contribution >= 0.6 is 11.6 Å². The number of hydrogen-bond donors (Lipinski definition) is 1. The Labute approximate surface area is 146 Å². The number of rotatable bonds is 3. The van der Waals surface area contributed by atoms with Crippen molar-refractivity contribution in [1.29, 1.82) is 0 Å². The summed E-state index contributed by atoms with van der Waals surface area (Å²) < 4.78 is 31.2. The highest BCUT2D eigenvalue weighted by Gasteiger charge is 2.19. The summed E-state index contributed by atoms with van der Waals surface area (Å²) in [5, 5.41) is 0.0978. The summed E-state index contributed by atoms with van der Waals surface area (Å²) in [6, 6.07) is 7.03. The first-order valence-electron chi connectivity index (χ1n) is 7.76. The van der Waals surface area contributed by atoms with Crippen LogP contribution in [0.2, 0.25) is 5.28 Å². The lowest BCUT2D eigenvalue weighted by Crippen LogP contribution is -2.36. The molecule has 6 nitrogen and oxygen atoms in total. The highest BCUT2D eigenvalue weighted by atomic mass is 35.5. The first-order chi connectivity index (χ1) is 12.1. The number of fused-ring (bicyclic) bond motifs is 1.